The van der Waals surface area contributed by atoms with E-state index in [-0.39, 0.29) is 0 Å². The SMILES string of the molecule is CS(=O)(=O)OC(CCC(=O)O)C(=O)O. The van der Waals surface area contributed by atoms with E-state index in [1.165, 1.54) is 0 Å². The Hall–Kier alpha value is -1.15. The molecule has 0 saturated heterocycles. The Bertz CT molecular complexity index is 317. The summed E-state index contributed by atoms with van der Waals surface area (Å²) in [6.45, 7) is 0. The van der Waals surface area contributed by atoms with E-state index in [1.807, 2.05) is 0 Å². The van der Waals surface area contributed by atoms with Crippen LogP contribution in [0, 0.1) is 0 Å². The Labute approximate surface area is 80.4 Å². The molecule has 0 aromatic carbocycles. The lowest BCUT2D eigenvalue weighted by atomic mass is 10.2. The zero-order chi connectivity index (χ0) is 11.4. The van der Waals surface area contributed by atoms with Gasteiger partial charge in [-0.15, -0.1) is 0 Å². The van der Waals surface area contributed by atoms with Crippen molar-refractivity contribution in [2.24, 2.45) is 0 Å². The molecule has 0 aromatic rings. The fourth-order valence-electron chi connectivity index (χ4n) is 0.678. The molecule has 7 nitrogen and oxygen atoms in total. The number of carboxylic acid groups (broad SMARTS) is 2. The van der Waals surface area contributed by atoms with Crippen LogP contribution in [0.1, 0.15) is 12.8 Å². The van der Waals surface area contributed by atoms with Crippen molar-refractivity contribution in [2.45, 2.75) is 18.9 Å². The number of hydrogen-bond acceptors (Lipinski definition) is 5. The van der Waals surface area contributed by atoms with E-state index < -0.39 is 41.0 Å². The van der Waals surface area contributed by atoms with Crippen molar-refractivity contribution < 1.29 is 32.4 Å². The summed E-state index contributed by atoms with van der Waals surface area (Å²) in [5.41, 5.74) is 0. The Morgan fingerprint density at radius 3 is 2.14 bits per heavy atom. The lowest BCUT2D eigenvalue weighted by Gasteiger charge is -2.09. The molecule has 1 unspecified atom stereocenters. The van der Waals surface area contributed by atoms with Crippen molar-refractivity contribution in [1.82, 2.24) is 0 Å². The van der Waals surface area contributed by atoms with Crippen LogP contribution in [0.3, 0.4) is 0 Å². The first-order chi connectivity index (χ1) is 6.22. The minimum absolute atomic E-state index is 0.391. The Kier molecular flexibility index (Phi) is 4.51. The normalized spacial score (nSPS) is 13.5. The van der Waals surface area contributed by atoms with Crippen LogP contribution in [-0.4, -0.2) is 42.9 Å². The van der Waals surface area contributed by atoms with Crippen LogP contribution in [0.4, 0.5) is 0 Å². The molecule has 0 bridgehead atoms. The van der Waals surface area contributed by atoms with Crippen molar-refractivity contribution in [3.05, 3.63) is 0 Å². The second-order valence-electron chi connectivity index (χ2n) is 2.56. The van der Waals surface area contributed by atoms with E-state index in [0.29, 0.717) is 6.26 Å². The van der Waals surface area contributed by atoms with Crippen LogP contribution < -0.4 is 0 Å². The molecule has 2 N–H and O–H groups in total. The van der Waals surface area contributed by atoms with Gasteiger partial charge in [0.05, 0.1) is 6.26 Å². The van der Waals surface area contributed by atoms with Gasteiger partial charge in [-0.25, -0.2) is 4.79 Å². The highest BCUT2D eigenvalue weighted by atomic mass is 32.2. The van der Waals surface area contributed by atoms with Crippen LogP contribution in [0.5, 0.6) is 0 Å². The molecule has 82 valence electrons. The number of carboxylic acids is 2. The zero-order valence-corrected chi connectivity index (χ0v) is 8.15. The first-order valence-electron chi connectivity index (χ1n) is 3.55. The largest absolute Gasteiger partial charge is 0.481 e. The van der Waals surface area contributed by atoms with E-state index in [4.69, 9.17) is 10.2 Å². The predicted molar refractivity (Wildman–Crippen MR) is 44.2 cm³/mol. The maximum atomic E-state index is 10.6. The number of rotatable bonds is 6. The summed E-state index contributed by atoms with van der Waals surface area (Å²) < 4.78 is 25.3. The summed E-state index contributed by atoms with van der Waals surface area (Å²) in [7, 11) is -3.89. The zero-order valence-electron chi connectivity index (χ0n) is 7.34. The van der Waals surface area contributed by atoms with Crippen LogP contribution in [-0.2, 0) is 23.9 Å². The highest BCUT2D eigenvalue weighted by molar-refractivity contribution is 7.86. The maximum Gasteiger partial charge on any atom is 0.334 e. The summed E-state index contributed by atoms with van der Waals surface area (Å²) in [6.07, 6.45) is -1.80. The fraction of sp³-hybridized carbons (Fsp3) is 0.667. The first kappa shape index (κ1) is 12.8. The molecule has 14 heavy (non-hydrogen) atoms. The Morgan fingerprint density at radius 2 is 1.86 bits per heavy atom. The second-order valence-corrected chi connectivity index (χ2v) is 4.16. The van der Waals surface area contributed by atoms with E-state index >= 15 is 0 Å². The molecule has 0 rings (SSSR count). The molecular weight excluding hydrogens is 216 g/mol. The summed E-state index contributed by atoms with van der Waals surface area (Å²) in [6, 6.07) is 0. The summed E-state index contributed by atoms with van der Waals surface area (Å²) in [5, 5.41) is 16.7. The fourth-order valence-corrected chi connectivity index (χ4v) is 1.28. The summed E-state index contributed by atoms with van der Waals surface area (Å²) in [4.78, 5) is 20.5. The van der Waals surface area contributed by atoms with Gasteiger partial charge in [-0.05, 0) is 6.42 Å². The van der Waals surface area contributed by atoms with Crippen molar-refractivity contribution in [3.8, 4) is 0 Å². The third kappa shape index (κ3) is 6.38. The highest BCUT2D eigenvalue weighted by Crippen LogP contribution is 2.06. The van der Waals surface area contributed by atoms with Gasteiger partial charge in [0.1, 0.15) is 0 Å². The van der Waals surface area contributed by atoms with Gasteiger partial charge in [0.25, 0.3) is 10.1 Å². The molecule has 0 spiro atoms. The van der Waals surface area contributed by atoms with E-state index in [1.54, 1.807) is 0 Å². The molecule has 0 saturated carbocycles. The minimum atomic E-state index is -3.89. The molecule has 0 radical (unpaired) electrons. The average molecular weight is 226 g/mol. The van der Waals surface area contributed by atoms with Gasteiger partial charge in [-0.1, -0.05) is 0 Å². The van der Waals surface area contributed by atoms with Crippen LogP contribution in [0.15, 0.2) is 0 Å². The molecule has 1 atom stereocenters. The molecule has 0 amide bonds. The summed E-state index contributed by atoms with van der Waals surface area (Å²) >= 11 is 0. The van der Waals surface area contributed by atoms with Gasteiger partial charge in [0.2, 0.25) is 0 Å². The topological polar surface area (TPSA) is 118 Å². The van der Waals surface area contributed by atoms with Gasteiger partial charge in [-0.3, -0.25) is 8.98 Å². The van der Waals surface area contributed by atoms with E-state index in [0.717, 1.165) is 0 Å². The second kappa shape index (κ2) is 4.91. The first-order valence-corrected chi connectivity index (χ1v) is 5.37. The van der Waals surface area contributed by atoms with Crippen molar-refractivity contribution in [2.75, 3.05) is 6.26 Å². The van der Waals surface area contributed by atoms with Crippen LogP contribution in [0.25, 0.3) is 0 Å². The predicted octanol–water partition coefficient (Wildman–Crippen LogP) is -0.719. The molecule has 0 aliphatic carbocycles. The van der Waals surface area contributed by atoms with Crippen molar-refractivity contribution in [1.29, 1.82) is 0 Å². The number of hydrogen-bond donors (Lipinski definition) is 2. The summed E-state index contributed by atoms with van der Waals surface area (Å²) in [5.74, 6) is -2.72. The maximum absolute atomic E-state index is 10.6. The smallest absolute Gasteiger partial charge is 0.334 e. The minimum Gasteiger partial charge on any atom is -0.481 e. The third-order valence-electron chi connectivity index (χ3n) is 1.19. The monoisotopic (exact) mass is 226 g/mol. The number of carbonyl (C=O) groups is 2. The molecule has 0 heterocycles. The van der Waals surface area contributed by atoms with Crippen LogP contribution >= 0.6 is 0 Å². The van der Waals surface area contributed by atoms with Crippen LogP contribution in [0.2, 0.25) is 0 Å². The van der Waals surface area contributed by atoms with E-state index in [2.05, 4.69) is 4.18 Å². The van der Waals surface area contributed by atoms with Gasteiger partial charge >= 0.3 is 11.9 Å². The van der Waals surface area contributed by atoms with Gasteiger partial charge in [0, 0.05) is 6.42 Å². The average Bonchev–Trinajstić information content (AvgIpc) is 1.94. The third-order valence-corrected chi connectivity index (χ3v) is 1.77. The quantitative estimate of drug-likeness (QED) is 0.573. The molecular formula is C6H10O7S. The molecule has 0 aliphatic rings. The standard InChI is InChI=1S/C6H10O7S/c1-14(11,12)13-4(6(9)10)2-3-5(7)8/h4H,2-3H2,1H3,(H,7,8)(H,9,10). The number of aliphatic carboxylic acids is 2. The molecule has 0 aromatic heterocycles. The Balaban J connectivity index is 4.32. The van der Waals surface area contributed by atoms with Gasteiger partial charge < -0.3 is 10.2 Å². The van der Waals surface area contributed by atoms with Gasteiger partial charge in [0.15, 0.2) is 6.10 Å². The lowest BCUT2D eigenvalue weighted by Crippen LogP contribution is -2.27. The highest BCUT2D eigenvalue weighted by Gasteiger charge is 2.23. The lowest BCUT2D eigenvalue weighted by molar-refractivity contribution is -0.146. The van der Waals surface area contributed by atoms with Crippen molar-refractivity contribution >= 4 is 22.1 Å². The van der Waals surface area contributed by atoms with E-state index in [9.17, 15) is 18.0 Å². The molecule has 0 aliphatic heterocycles. The Morgan fingerprint density at radius 1 is 1.36 bits per heavy atom. The van der Waals surface area contributed by atoms with Crippen molar-refractivity contribution in [3.63, 3.8) is 0 Å². The molecule has 8 heteroatoms. The van der Waals surface area contributed by atoms with Gasteiger partial charge in [-0.2, -0.15) is 8.42 Å². The molecule has 0 fully saturated rings.